The lowest BCUT2D eigenvalue weighted by atomic mass is 9.98. The monoisotopic (exact) mass is 492 g/mol. The fraction of sp³-hybridized carbons (Fsp3) is 0.611. The van der Waals surface area contributed by atoms with Gasteiger partial charge < -0.3 is 10.6 Å². The van der Waals surface area contributed by atoms with Crippen LogP contribution in [0.1, 0.15) is 32.1 Å². The highest BCUT2D eigenvalue weighted by atomic mass is 127. The number of sulfonamides is 1. The lowest BCUT2D eigenvalue weighted by molar-refractivity contribution is 0.277. The molecule has 0 atom stereocenters. The molecule has 0 bridgehead atoms. The summed E-state index contributed by atoms with van der Waals surface area (Å²) >= 11 is 0. The van der Waals surface area contributed by atoms with E-state index in [2.05, 4.69) is 9.89 Å². The molecule has 2 aliphatic rings. The first-order valence-electron chi connectivity index (χ1n) is 9.17. The van der Waals surface area contributed by atoms with E-state index in [9.17, 15) is 8.42 Å². The number of hydrogen-bond donors (Lipinski definition) is 1. The Balaban J connectivity index is 0.00000243. The molecular formula is C18H29IN4O2S. The van der Waals surface area contributed by atoms with Crippen LogP contribution in [0.3, 0.4) is 0 Å². The third-order valence-corrected chi connectivity index (χ3v) is 7.06. The summed E-state index contributed by atoms with van der Waals surface area (Å²) in [6.45, 7) is 3.82. The van der Waals surface area contributed by atoms with Crippen LogP contribution in [-0.2, 0) is 10.0 Å². The van der Waals surface area contributed by atoms with Crippen molar-refractivity contribution in [2.75, 3.05) is 32.7 Å². The number of guanidine groups is 1. The molecule has 0 spiro atoms. The fourth-order valence-electron chi connectivity index (χ4n) is 3.52. The van der Waals surface area contributed by atoms with Gasteiger partial charge in [0.1, 0.15) is 0 Å². The number of benzene rings is 1. The zero-order valence-electron chi connectivity index (χ0n) is 15.1. The Hall–Kier alpha value is -0.870. The van der Waals surface area contributed by atoms with Gasteiger partial charge in [0.2, 0.25) is 10.0 Å². The molecule has 0 saturated carbocycles. The molecule has 2 fully saturated rings. The van der Waals surface area contributed by atoms with Crippen LogP contribution < -0.4 is 5.73 Å². The highest BCUT2D eigenvalue weighted by molar-refractivity contribution is 14.0. The third kappa shape index (κ3) is 5.32. The molecule has 3 rings (SSSR count). The van der Waals surface area contributed by atoms with Crippen molar-refractivity contribution in [3.8, 4) is 0 Å². The number of halogens is 1. The van der Waals surface area contributed by atoms with Gasteiger partial charge in [-0.1, -0.05) is 18.2 Å². The van der Waals surface area contributed by atoms with Gasteiger partial charge in [-0.15, -0.1) is 24.0 Å². The van der Waals surface area contributed by atoms with Crippen molar-refractivity contribution in [3.63, 3.8) is 0 Å². The molecule has 2 aliphatic heterocycles. The Morgan fingerprint density at radius 3 is 2.27 bits per heavy atom. The molecule has 0 aliphatic carbocycles. The quantitative estimate of drug-likeness (QED) is 0.398. The maximum Gasteiger partial charge on any atom is 0.243 e. The van der Waals surface area contributed by atoms with Gasteiger partial charge in [-0.25, -0.2) is 8.42 Å². The Kier molecular flexibility index (Phi) is 8.15. The zero-order valence-corrected chi connectivity index (χ0v) is 18.2. The number of hydrogen-bond acceptors (Lipinski definition) is 3. The Morgan fingerprint density at radius 2 is 1.65 bits per heavy atom. The molecule has 6 nitrogen and oxygen atoms in total. The molecule has 1 aromatic rings. The van der Waals surface area contributed by atoms with Crippen molar-refractivity contribution in [1.82, 2.24) is 9.21 Å². The smallest absolute Gasteiger partial charge is 0.243 e. The molecule has 2 heterocycles. The first-order chi connectivity index (χ1) is 12.1. The van der Waals surface area contributed by atoms with E-state index in [1.165, 1.54) is 19.3 Å². The van der Waals surface area contributed by atoms with Crippen LogP contribution >= 0.6 is 24.0 Å². The van der Waals surface area contributed by atoms with Crippen LogP contribution in [0.5, 0.6) is 0 Å². The van der Waals surface area contributed by atoms with E-state index in [1.54, 1.807) is 28.6 Å². The molecule has 2 N–H and O–H groups in total. The predicted octanol–water partition coefficient (Wildman–Crippen LogP) is 2.51. The zero-order chi connectivity index (χ0) is 17.7. The molecule has 1 aromatic carbocycles. The van der Waals surface area contributed by atoms with Gasteiger partial charge in [0.05, 0.1) is 4.90 Å². The van der Waals surface area contributed by atoms with Crippen LogP contribution in [0.4, 0.5) is 0 Å². The first-order valence-corrected chi connectivity index (χ1v) is 10.6. The summed E-state index contributed by atoms with van der Waals surface area (Å²) in [5.41, 5.74) is 6.11. The van der Waals surface area contributed by atoms with Gasteiger partial charge in [-0.2, -0.15) is 4.31 Å². The minimum atomic E-state index is -3.37. The largest absolute Gasteiger partial charge is 0.370 e. The predicted molar refractivity (Wildman–Crippen MR) is 115 cm³/mol. The SMILES string of the molecule is I.NC(=NCC1CCN(S(=O)(=O)c2ccccc2)CC1)N1CCCCC1. The van der Waals surface area contributed by atoms with E-state index in [0.29, 0.717) is 36.4 Å². The lowest BCUT2D eigenvalue weighted by Crippen LogP contribution is -2.42. The van der Waals surface area contributed by atoms with Crippen molar-refractivity contribution in [2.45, 2.75) is 37.0 Å². The normalized spacial score (nSPS) is 20.6. The van der Waals surface area contributed by atoms with Crippen molar-refractivity contribution >= 4 is 40.0 Å². The van der Waals surface area contributed by atoms with Crippen molar-refractivity contribution in [2.24, 2.45) is 16.6 Å². The topological polar surface area (TPSA) is 79.0 Å². The molecule has 26 heavy (non-hydrogen) atoms. The summed E-state index contributed by atoms with van der Waals surface area (Å²) in [6.07, 6.45) is 5.32. The number of nitrogens with zero attached hydrogens (tertiary/aromatic N) is 3. The molecule has 0 amide bonds. The van der Waals surface area contributed by atoms with Crippen LogP contribution in [0, 0.1) is 5.92 Å². The first kappa shape index (κ1) is 21.4. The van der Waals surface area contributed by atoms with Gasteiger partial charge in [0.15, 0.2) is 5.96 Å². The second-order valence-electron chi connectivity index (χ2n) is 6.91. The molecule has 0 aromatic heterocycles. The average molecular weight is 492 g/mol. The standard InChI is InChI=1S/C18H28N4O2S.HI/c19-18(21-11-5-2-6-12-21)20-15-16-9-13-22(14-10-16)25(23,24)17-7-3-1-4-8-17;/h1,3-4,7-8,16H,2,5-6,9-15H2,(H2,19,20);1H. The molecule has 0 unspecified atom stereocenters. The highest BCUT2D eigenvalue weighted by Crippen LogP contribution is 2.24. The minimum Gasteiger partial charge on any atom is -0.370 e. The van der Waals surface area contributed by atoms with Gasteiger partial charge in [-0.3, -0.25) is 4.99 Å². The molecular weight excluding hydrogens is 463 g/mol. The third-order valence-electron chi connectivity index (χ3n) is 5.15. The highest BCUT2D eigenvalue weighted by Gasteiger charge is 2.29. The summed E-state index contributed by atoms with van der Waals surface area (Å²) in [5.74, 6) is 1.06. The van der Waals surface area contributed by atoms with E-state index < -0.39 is 10.0 Å². The Labute approximate surface area is 173 Å². The van der Waals surface area contributed by atoms with Crippen LogP contribution in [0.2, 0.25) is 0 Å². The maximum absolute atomic E-state index is 12.6. The summed E-state index contributed by atoms with van der Waals surface area (Å²) in [6, 6.07) is 8.67. The number of likely N-dealkylation sites (tertiary alicyclic amines) is 1. The molecule has 8 heteroatoms. The molecule has 0 radical (unpaired) electrons. The number of aliphatic imine (C=N–C) groups is 1. The molecule has 2 saturated heterocycles. The fourth-order valence-corrected chi connectivity index (χ4v) is 5.01. The van der Waals surface area contributed by atoms with Crippen molar-refractivity contribution in [1.29, 1.82) is 0 Å². The van der Waals surface area contributed by atoms with E-state index in [-0.39, 0.29) is 24.0 Å². The van der Waals surface area contributed by atoms with Crippen LogP contribution in [-0.4, -0.2) is 56.3 Å². The van der Waals surface area contributed by atoms with E-state index in [4.69, 9.17) is 5.73 Å². The summed E-state index contributed by atoms with van der Waals surface area (Å²) < 4.78 is 26.9. The average Bonchev–Trinajstić information content (AvgIpc) is 2.68. The summed E-state index contributed by atoms with van der Waals surface area (Å²) in [5, 5.41) is 0. The van der Waals surface area contributed by atoms with Gasteiger partial charge in [0, 0.05) is 32.7 Å². The van der Waals surface area contributed by atoms with Crippen LogP contribution in [0.15, 0.2) is 40.2 Å². The number of nitrogens with two attached hydrogens (primary N) is 1. The van der Waals surface area contributed by atoms with Gasteiger partial charge >= 0.3 is 0 Å². The molecule has 146 valence electrons. The van der Waals surface area contributed by atoms with Crippen molar-refractivity contribution in [3.05, 3.63) is 30.3 Å². The minimum absolute atomic E-state index is 0. The van der Waals surface area contributed by atoms with E-state index in [1.807, 2.05) is 6.07 Å². The van der Waals surface area contributed by atoms with Gasteiger partial charge in [0.25, 0.3) is 0 Å². The summed E-state index contributed by atoms with van der Waals surface area (Å²) in [4.78, 5) is 7.11. The van der Waals surface area contributed by atoms with E-state index in [0.717, 1.165) is 25.9 Å². The second-order valence-corrected chi connectivity index (χ2v) is 8.85. The Morgan fingerprint density at radius 1 is 1.04 bits per heavy atom. The summed E-state index contributed by atoms with van der Waals surface area (Å²) in [7, 11) is -3.37. The number of piperidine rings is 2. The maximum atomic E-state index is 12.6. The van der Waals surface area contributed by atoms with Gasteiger partial charge in [-0.05, 0) is 50.2 Å². The Bertz CT molecular complexity index is 682. The van der Waals surface area contributed by atoms with Crippen molar-refractivity contribution < 1.29 is 8.42 Å². The lowest BCUT2D eigenvalue weighted by Gasteiger charge is -2.31. The van der Waals surface area contributed by atoms with E-state index >= 15 is 0 Å². The van der Waals surface area contributed by atoms with Crippen LogP contribution in [0.25, 0.3) is 0 Å². The number of rotatable bonds is 4. The second kappa shape index (κ2) is 9.89.